The number of benzene rings is 1. The van der Waals surface area contributed by atoms with Crippen LogP contribution in [0, 0.1) is 6.92 Å². The molecule has 0 bridgehead atoms. The zero-order chi connectivity index (χ0) is 13.1. The van der Waals surface area contributed by atoms with Gasteiger partial charge in [-0.25, -0.2) is 4.98 Å². The second kappa shape index (κ2) is 4.91. The van der Waals surface area contributed by atoms with E-state index in [1.165, 1.54) is 4.57 Å². The van der Waals surface area contributed by atoms with Crippen LogP contribution in [0.3, 0.4) is 0 Å². The molecule has 0 saturated heterocycles. The SMILES string of the molecule is CCOc1nccn(-c2ccc(N)cc2C)c1=O. The molecular weight excluding hydrogens is 230 g/mol. The first-order valence-electron chi connectivity index (χ1n) is 5.70. The normalized spacial score (nSPS) is 10.3. The summed E-state index contributed by atoms with van der Waals surface area (Å²) < 4.78 is 6.70. The molecule has 0 spiro atoms. The molecule has 1 heterocycles. The number of aromatic nitrogens is 2. The molecule has 0 radical (unpaired) electrons. The average Bonchev–Trinajstić information content (AvgIpc) is 2.33. The van der Waals surface area contributed by atoms with Crippen molar-refractivity contribution in [2.45, 2.75) is 13.8 Å². The molecule has 0 saturated carbocycles. The van der Waals surface area contributed by atoms with Crippen molar-refractivity contribution in [2.75, 3.05) is 12.3 Å². The Labute approximate surface area is 105 Å². The van der Waals surface area contributed by atoms with Crippen molar-refractivity contribution in [2.24, 2.45) is 0 Å². The third kappa shape index (κ3) is 2.20. The third-order valence-corrected chi connectivity index (χ3v) is 2.57. The Morgan fingerprint density at radius 2 is 2.22 bits per heavy atom. The summed E-state index contributed by atoms with van der Waals surface area (Å²) in [4.78, 5) is 16.1. The average molecular weight is 245 g/mol. The summed E-state index contributed by atoms with van der Waals surface area (Å²) in [5, 5.41) is 0. The predicted molar refractivity (Wildman–Crippen MR) is 70.2 cm³/mol. The Balaban J connectivity index is 2.57. The number of hydrogen-bond acceptors (Lipinski definition) is 4. The first kappa shape index (κ1) is 12.2. The van der Waals surface area contributed by atoms with Gasteiger partial charge in [-0.1, -0.05) is 0 Å². The van der Waals surface area contributed by atoms with Crippen molar-refractivity contribution in [1.29, 1.82) is 0 Å². The first-order chi connectivity index (χ1) is 8.63. The standard InChI is InChI=1S/C13H15N3O2/c1-3-18-12-13(17)16(7-6-15-12)11-5-4-10(14)8-9(11)2/h4-8H,3,14H2,1-2H3. The molecule has 0 atom stereocenters. The molecule has 0 aliphatic carbocycles. The highest BCUT2D eigenvalue weighted by Crippen LogP contribution is 2.15. The number of anilines is 1. The van der Waals surface area contributed by atoms with Gasteiger partial charge in [0, 0.05) is 18.1 Å². The highest BCUT2D eigenvalue weighted by atomic mass is 16.5. The van der Waals surface area contributed by atoms with E-state index < -0.39 is 0 Å². The van der Waals surface area contributed by atoms with Crippen LogP contribution in [0.2, 0.25) is 0 Å². The zero-order valence-electron chi connectivity index (χ0n) is 10.4. The third-order valence-electron chi connectivity index (χ3n) is 2.57. The minimum Gasteiger partial charge on any atom is -0.474 e. The maximum atomic E-state index is 12.1. The van der Waals surface area contributed by atoms with Crippen LogP contribution < -0.4 is 16.0 Å². The van der Waals surface area contributed by atoms with Gasteiger partial charge in [0.05, 0.1) is 12.3 Å². The van der Waals surface area contributed by atoms with E-state index in [4.69, 9.17) is 10.5 Å². The van der Waals surface area contributed by atoms with Gasteiger partial charge >= 0.3 is 5.56 Å². The zero-order valence-corrected chi connectivity index (χ0v) is 10.4. The Kier molecular flexibility index (Phi) is 3.32. The van der Waals surface area contributed by atoms with Crippen LogP contribution in [0.25, 0.3) is 5.69 Å². The lowest BCUT2D eigenvalue weighted by Gasteiger charge is -2.10. The summed E-state index contributed by atoms with van der Waals surface area (Å²) in [5.41, 5.74) is 7.79. The summed E-state index contributed by atoms with van der Waals surface area (Å²) in [6.45, 7) is 4.12. The molecule has 0 unspecified atom stereocenters. The van der Waals surface area contributed by atoms with Crippen LogP contribution in [0.4, 0.5) is 5.69 Å². The van der Waals surface area contributed by atoms with Crippen LogP contribution in [-0.4, -0.2) is 16.2 Å². The number of aryl methyl sites for hydroxylation is 1. The van der Waals surface area contributed by atoms with E-state index in [0.717, 1.165) is 11.3 Å². The second-order valence-corrected chi connectivity index (χ2v) is 3.89. The maximum absolute atomic E-state index is 12.1. The summed E-state index contributed by atoms with van der Waals surface area (Å²) in [6.07, 6.45) is 3.16. The number of hydrogen-bond donors (Lipinski definition) is 1. The molecule has 0 aliphatic rings. The van der Waals surface area contributed by atoms with E-state index in [0.29, 0.717) is 12.3 Å². The van der Waals surface area contributed by atoms with E-state index in [1.54, 1.807) is 18.5 Å². The Bertz CT molecular complexity index is 620. The minimum absolute atomic E-state index is 0.108. The molecule has 2 rings (SSSR count). The van der Waals surface area contributed by atoms with Gasteiger partial charge in [-0.3, -0.25) is 9.36 Å². The molecule has 1 aromatic heterocycles. The maximum Gasteiger partial charge on any atom is 0.317 e. The van der Waals surface area contributed by atoms with Gasteiger partial charge < -0.3 is 10.5 Å². The Morgan fingerprint density at radius 3 is 2.89 bits per heavy atom. The van der Waals surface area contributed by atoms with Crippen molar-refractivity contribution in [3.8, 4) is 11.6 Å². The molecule has 5 nitrogen and oxygen atoms in total. The predicted octanol–water partition coefficient (Wildman–Crippen LogP) is 1.52. The number of nitrogens with zero attached hydrogens (tertiary/aromatic N) is 2. The van der Waals surface area contributed by atoms with Crippen LogP contribution in [0.5, 0.6) is 5.88 Å². The number of nitrogens with two attached hydrogens (primary N) is 1. The van der Waals surface area contributed by atoms with Crippen LogP contribution in [0.15, 0.2) is 35.4 Å². The number of ether oxygens (including phenoxy) is 1. The second-order valence-electron chi connectivity index (χ2n) is 3.89. The molecule has 94 valence electrons. The molecule has 2 aromatic rings. The van der Waals surface area contributed by atoms with Gasteiger partial charge in [-0.05, 0) is 37.6 Å². The van der Waals surface area contributed by atoms with Crippen LogP contribution >= 0.6 is 0 Å². The van der Waals surface area contributed by atoms with Gasteiger partial charge in [0.1, 0.15) is 0 Å². The highest BCUT2D eigenvalue weighted by Gasteiger charge is 2.08. The van der Waals surface area contributed by atoms with Crippen molar-refractivity contribution < 1.29 is 4.74 Å². The minimum atomic E-state index is -0.271. The van der Waals surface area contributed by atoms with Crippen molar-refractivity contribution in [1.82, 2.24) is 9.55 Å². The Hall–Kier alpha value is -2.30. The largest absolute Gasteiger partial charge is 0.474 e. The molecular formula is C13H15N3O2. The molecule has 0 amide bonds. The first-order valence-corrected chi connectivity index (χ1v) is 5.70. The van der Waals surface area contributed by atoms with Crippen molar-refractivity contribution in [3.63, 3.8) is 0 Å². The van der Waals surface area contributed by atoms with Gasteiger partial charge in [-0.2, -0.15) is 0 Å². The lowest BCUT2D eigenvalue weighted by atomic mass is 10.2. The fourth-order valence-electron chi connectivity index (χ4n) is 1.77. The van der Waals surface area contributed by atoms with Gasteiger partial charge in [0.25, 0.3) is 5.88 Å². The molecule has 0 aliphatic heterocycles. The van der Waals surface area contributed by atoms with Gasteiger partial charge in [0.2, 0.25) is 0 Å². The van der Waals surface area contributed by atoms with Gasteiger partial charge in [0.15, 0.2) is 0 Å². The molecule has 5 heteroatoms. The molecule has 2 N–H and O–H groups in total. The highest BCUT2D eigenvalue weighted by molar-refractivity contribution is 5.51. The molecule has 0 fully saturated rings. The molecule has 18 heavy (non-hydrogen) atoms. The lowest BCUT2D eigenvalue weighted by molar-refractivity contribution is 0.320. The number of rotatable bonds is 3. The van der Waals surface area contributed by atoms with E-state index >= 15 is 0 Å². The fraction of sp³-hybridized carbons (Fsp3) is 0.231. The van der Waals surface area contributed by atoms with Crippen LogP contribution in [-0.2, 0) is 0 Å². The summed E-state index contributed by atoms with van der Waals surface area (Å²) >= 11 is 0. The molecule has 1 aromatic carbocycles. The van der Waals surface area contributed by atoms with Crippen molar-refractivity contribution in [3.05, 3.63) is 46.5 Å². The van der Waals surface area contributed by atoms with Crippen LogP contribution in [0.1, 0.15) is 12.5 Å². The summed E-state index contributed by atoms with van der Waals surface area (Å²) in [5.74, 6) is 0.108. The summed E-state index contributed by atoms with van der Waals surface area (Å²) in [6, 6.07) is 5.39. The quantitative estimate of drug-likeness (QED) is 0.832. The van der Waals surface area contributed by atoms with E-state index in [2.05, 4.69) is 4.98 Å². The Morgan fingerprint density at radius 1 is 1.44 bits per heavy atom. The smallest absolute Gasteiger partial charge is 0.317 e. The van der Waals surface area contributed by atoms with Gasteiger partial charge in [-0.15, -0.1) is 0 Å². The topological polar surface area (TPSA) is 70.1 Å². The summed E-state index contributed by atoms with van der Waals surface area (Å²) in [7, 11) is 0. The van der Waals surface area contributed by atoms with E-state index in [9.17, 15) is 4.79 Å². The van der Waals surface area contributed by atoms with Crippen molar-refractivity contribution >= 4 is 5.69 Å². The van der Waals surface area contributed by atoms with E-state index in [-0.39, 0.29) is 11.4 Å². The van der Waals surface area contributed by atoms with E-state index in [1.807, 2.05) is 26.0 Å². The lowest BCUT2D eigenvalue weighted by Crippen LogP contribution is -2.21. The number of nitrogen functional groups attached to an aromatic ring is 1. The monoisotopic (exact) mass is 245 g/mol. The fourth-order valence-corrected chi connectivity index (χ4v) is 1.77.